The first-order valence-electron chi connectivity index (χ1n) is 11.7. The molecule has 0 atom stereocenters. The molecule has 4 aromatic rings. The molecule has 0 radical (unpaired) electrons. The van der Waals surface area contributed by atoms with E-state index in [1.165, 1.54) is 12.1 Å². The van der Waals surface area contributed by atoms with E-state index in [0.29, 0.717) is 33.8 Å². The van der Waals surface area contributed by atoms with Crippen LogP contribution >= 0.6 is 23.2 Å². The van der Waals surface area contributed by atoms with Crippen molar-refractivity contribution in [1.82, 2.24) is 0 Å². The van der Waals surface area contributed by atoms with E-state index in [1.54, 1.807) is 56.3 Å². The molecule has 0 spiro atoms. The molecular weight excluding hydrogens is 565 g/mol. The Labute approximate surface area is 234 Å². The minimum absolute atomic E-state index is 0.0176. The Morgan fingerprint density at radius 1 is 1.00 bits per heavy atom. The third-order valence-corrected chi connectivity index (χ3v) is 7.14. The number of phenolic OH excluding ortho intramolecular Hbond substituents is 1. The van der Waals surface area contributed by atoms with Crippen LogP contribution < -0.4 is 10.1 Å². The van der Waals surface area contributed by atoms with Crippen LogP contribution in [0.4, 0.5) is 17.1 Å². The lowest BCUT2D eigenvalue weighted by atomic mass is 10.0. The Kier molecular flexibility index (Phi) is 8.41. The Morgan fingerprint density at radius 2 is 1.74 bits per heavy atom. The molecule has 4 rings (SSSR count). The maximum atomic E-state index is 13.3. The Balaban J connectivity index is 1.83. The van der Waals surface area contributed by atoms with Gasteiger partial charge in [-0.2, -0.15) is 13.5 Å². The average Bonchev–Trinajstić information content (AvgIpc) is 2.88. The van der Waals surface area contributed by atoms with Gasteiger partial charge in [-0.05, 0) is 49.1 Å². The van der Waals surface area contributed by atoms with Gasteiger partial charge in [-0.3, -0.25) is 9.35 Å². The molecule has 12 heteroatoms. The number of aromatic hydroxyl groups is 1. The zero-order chi connectivity index (χ0) is 28.3. The van der Waals surface area contributed by atoms with Crippen molar-refractivity contribution in [2.24, 2.45) is 10.2 Å². The number of carbonyl (C=O) groups excluding carboxylic acids is 1. The first-order chi connectivity index (χ1) is 18.5. The summed E-state index contributed by atoms with van der Waals surface area (Å²) in [5.74, 6) is -0.721. The van der Waals surface area contributed by atoms with Crippen molar-refractivity contribution in [2.45, 2.75) is 25.2 Å². The normalized spacial score (nSPS) is 11.7. The number of nitrogens with zero attached hydrogens (tertiary/aromatic N) is 2. The highest BCUT2D eigenvalue weighted by atomic mass is 35.5. The predicted octanol–water partition coefficient (Wildman–Crippen LogP) is 7.73. The zero-order valence-corrected chi connectivity index (χ0v) is 23.1. The van der Waals surface area contributed by atoms with Crippen LogP contribution in [0.1, 0.15) is 29.8 Å². The number of amides is 1. The lowest BCUT2D eigenvalue weighted by Crippen LogP contribution is -2.13. The molecule has 39 heavy (non-hydrogen) atoms. The summed E-state index contributed by atoms with van der Waals surface area (Å²) in [6.45, 7) is 3.82. The quantitative estimate of drug-likeness (QED) is 0.142. The Morgan fingerprint density at radius 3 is 2.44 bits per heavy atom. The molecule has 0 aliphatic rings. The van der Waals surface area contributed by atoms with E-state index in [-0.39, 0.29) is 38.8 Å². The van der Waals surface area contributed by atoms with Gasteiger partial charge < -0.3 is 15.2 Å². The molecule has 4 aromatic carbocycles. The molecule has 202 valence electrons. The van der Waals surface area contributed by atoms with Crippen LogP contribution in [0.15, 0.2) is 75.8 Å². The molecule has 0 saturated carbocycles. The van der Waals surface area contributed by atoms with Gasteiger partial charge in [0.15, 0.2) is 5.75 Å². The van der Waals surface area contributed by atoms with Crippen LogP contribution in [0.2, 0.25) is 10.0 Å². The second-order valence-corrected chi connectivity index (χ2v) is 10.6. The second-order valence-electron chi connectivity index (χ2n) is 8.30. The molecule has 0 unspecified atom stereocenters. The van der Waals surface area contributed by atoms with Gasteiger partial charge in [0, 0.05) is 27.1 Å². The topological polar surface area (TPSA) is 138 Å². The minimum Gasteiger partial charge on any atom is -0.505 e. The number of hydrogen-bond acceptors (Lipinski definition) is 7. The zero-order valence-electron chi connectivity index (χ0n) is 20.8. The lowest BCUT2D eigenvalue weighted by molar-refractivity contribution is 0.102. The van der Waals surface area contributed by atoms with Gasteiger partial charge in [-0.15, -0.1) is 5.11 Å². The van der Waals surface area contributed by atoms with Gasteiger partial charge >= 0.3 is 0 Å². The second kappa shape index (κ2) is 11.6. The number of rotatable bonds is 8. The van der Waals surface area contributed by atoms with Gasteiger partial charge in [0.2, 0.25) is 0 Å². The summed E-state index contributed by atoms with van der Waals surface area (Å²) in [6, 6.07) is 15.7. The predicted molar refractivity (Wildman–Crippen MR) is 151 cm³/mol. The monoisotopic (exact) mass is 587 g/mol. The van der Waals surface area contributed by atoms with Crippen molar-refractivity contribution in [1.29, 1.82) is 0 Å². The smallest absolute Gasteiger partial charge is 0.294 e. The molecule has 0 fully saturated rings. The number of benzene rings is 4. The van der Waals surface area contributed by atoms with Crippen LogP contribution in [-0.2, 0) is 16.5 Å². The molecule has 0 heterocycles. The number of halogens is 2. The molecule has 0 bridgehead atoms. The minimum atomic E-state index is -4.58. The van der Waals surface area contributed by atoms with Crippen molar-refractivity contribution >= 4 is 67.1 Å². The maximum absolute atomic E-state index is 13.3. The summed E-state index contributed by atoms with van der Waals surface area (Å²) in [5, 5.41) is 23.8. The van der Waals surface area contributed by atoms with Gasteiger partial charge in [-0.1, -0.05) is 54.4 Å². The number of hydrogen-bond donors (Lipinski definition) is 3. The van der Waals surface area contributed by atoms with E-state index < -0.39 is 21.8 Å². The molecule has 0 aliphatic heterocycles. The van der Waals surface area contributed by atoms with Gasteiger partial charge in [0.05, 0.1) is 23.5 Å². The first kappa shape index (κ1) is 28.3. The van der Waals surface area contributed by atoms with Gasteiger partial charge in [0.1, 0.15) is 16.3 Å². The SMILES string of the molecule is CCOc1cc(Cl)ccc1NC(=O)c1cc2ccccc2c(N=Nc2cc(Cl)cc(S(=O)(=O)O)c2CC)c1O. The number of azo groups is 1. The summed E-state index contributed by atoms with van der Waals surface area (Å²) in [7, 11) is -4.58. The molecular formula is C27H23Cl2N3O6S. The van der Waals surface area contributed by atoms with Crippen LogP contribution in [0.5, 0.6) is 11.5 Å². The van der Waals surface area contributed by atoms with Crippen LogP contribution in [0, 0.1) is 0 Å². The molecule has 9 nitrogen and oxygen atoms in total. The molecule has 0 saturated heterocycles. The van der Waals surface area contributed by atoms with Crippen molar-refractivity contribution < 1.29 is 27.6 Å². The standard InChI is InChI=1S/C27H23Cl2N3O6S/c1-3-18-22(12-17(29)14-24(18)39(35,36)37)31-32-25-19-8-6-5-7-15(19)11-20(26(25)33)27(34)30-21-10-9-16(28)13-23(21)38-4-2/h5-14,33H,3-4H2,1-2H3,(H,30,34)(H,35,36,37). The fourth-order valence-corrected chi connectivity index (χ4v) is 5.31. The number of nitrogens with one attached hydrogen (secondary N) is 1. The third kappa shape index (κ3) is 6.15. The summed E-state index contributed by atoms with van der Waals surface area (Å²) >= 11 is 12.1. The van der Waals surface area contributed by atoms with E-state index in [9.17, 15) is 22.9 Å². The maximum Gasteiger partial charge on any atom is 0.294 e. The third-order valence-electron chi connectivity index (χ3n) is 5.77. The van der Waals surface area contributed by atoms with E-state index in [0.717, 1.165) is 6.07 Å². The van der Waals surface area contributed by atoms with Crippen molar-refractivity contribution in [3.05, 3.63) is 81.8 Å². The van der Waals surface area contributed by atoms with E-state index >= 15 is 0 Å². The molecule has 0 aromatic heterocycles. The lowest BCUT2D eigenvalue weighted by Gasteiger charge is -2.14. The molecule has 0 aliphatic carbocycles. The van der Waals surface area contributed by atoms with E-state index in [1.807, 2.05) is 0 Å². The highest BCUT2D eigenvalue weighted by Gasteiger charge is 2.22. The van der Waals surface area contributed by atoms with Crippen LogP contribution in [-0.4, -0.2) is 30.6 Å². The summed E-state index contributed by atoms with van der Waals surface area (Å²) in [5.41, 5.74) is 0.523. The Bertz CT molecular complexity index is 1720. The fourth-order valence-electron chi connectivity index (χ4n) is 4.03. The van der Waals surface area contributed by atoms with Crippen molar-refractivity contribution in [2.75, 3.05) is 11.9 Å². The summed E-state index contributed by atoms with van der Waals surface area (Å²) in [6.07, 6.45) is 0.194. The molecule has 1 amide bonds. The van der Waals surface area contributed by atoms with E-state index in [4.69, 9.17) is 27.9 Å². The summed E-state index contributed by atoms with van der Waals surface area (Å²) < 4.78 is 39.0. The first-order valence-corrected chi connectivity index (χ1v) is 13.9. The highest BCUT2D eigenvalue weighted by Crippen LogP contribution is 2.41. The Hall–Kier alpha value is -3.70. The van der Waals surface area contributed by atoms with Crippen molar-refractivity contribution in [3.8, 4) is 11.5 Å². The number of fused-ring (bicyclic) bond motifs is 1. The summed E-state index contributed by atoms with van der Waals surface area (Å²) in [4.78, 5) is 12.9. The average molecular weight is 588 g/mol. The van der Waals surface area contributed by atoms with Crippen LogP contribution in [0.3, 0.4) is 0 Å². The highest BCUT2D eigenvalue weighted by molar-refractivity contribution is 7.85. The fraction of sp³-hybridized carbons (Fsp3) is 0.148. The number of phenols is 1. The van der Waals surface area contributed by atoms with E-state index in [2.05, 4.69) is 15.5 Å². The van der Waals surface area contributed by atoms with Crippen molar-refractivity contribution in [3.63, 3.8) is 0 Å². The molecule has 3 N–H and O–H groups in total. The number of ether oxygens (including phenoxy) is 1. The largest absolute Gasteiger partial charge is 0.505 e. The van der Waals surface area contributed by atoms with Gasteiger partial charge in [-0.25, -0.2) is 0 Å². The number of anilines is 1. The number of carbonyl (C=O) groups is 1. The van der Waals surface area contributed by atoms with Crippen LogP contribution in [0.25, 0.3) is 10.8 Å². The van der Waals surface area contributed by atoms with Gasteiger partial charge in [0.25, 0.3) is 16.0 Å².